The fourth-order valence-corrected chi connectivity index (χ4v) is 2.57. The molecule has 5 heteroatoms. The standard InChI is InChI=1S/C16H20N2O3/c1-11(19)13-14(12-7-5-4-6-8-12)18(10-9-17(2)3)16(21)15(13)20/h4-8,14,20H,9-10H2,1-3H3/p+1/t14-/m0/s1. The van der Waals surface area contributed by atoms with Crippen LogP contribution >= 0.6 is 0 Å². The predicted molar refractivity (Wildman–Crippen MR) is 78.9 cm³/mol. The quantitative estimate of drug-likeness (QED) is 0.809. The lowest BCUT2D eigenvalue weighted by Gasteiger charge is -2.26. The highest BCUT2D eigenvalue weighted by Gasteiger charge is 2.42. The van der Waals surface area contributed by atoms with Crippen LogP contribution in [0.1, 0.15) is 18.5 Å². The number of rotatable bonds is 5. The molecule has 0 radical (unpaired) electrons. The van der Waals surface area contributed by atoms with Gasteiger partial charge in [0.05, 0.1) is 38.8 Å². The van der Waals surface area contributed by atoms with Gasteiger partial charge in [0.2, 0.25) is 0 Å². The summed E-state index contributed by atoms with van der Waals surface area (Å²) in [5, 5.41) is 10.1. The number of amides is 1. The van der Waals surface area contributed by atoms with Crippen LogP contribution in [-0.2, 0) is 9.59 Å². The molecule has 2 rings (SSSR count). The topological polar surface area (TPSA) is 62.0 Å². The molecule has 0 aliphatic carbocycles. The van der Waals surface area contributed by atoms with Gasteiger partial charge in [0.15, 0.2) is 11.5 Å². The van der Waals surface area contributed by atoms with Gasteiger partial charge in [-0.25, -0.2) is 0 Å². The van der Waals surface area contributed by atoms with Crippen LogP contribution in [0.4, 0.5) is 0 Å². The van der Waals surface area contributed by atoms with E-state index in [0.717, 1.165) is 12.1 Å². The average Bonchev–Trinajstić information content (AvgIpc) is 2.70. The van der Waals surface area contributed by atoms with Gasteiger partial charge in [-0.05, 0) is 12.5 Å². The zero-order chi connectivity index (χ0) is 15.6. The van der Waals surface area contributed by atoms with Crippen LogP contribution in [0.25, 0.3) is 0 Å². The minimum absolute atomic E-state index is 0.194. The smallest absolute Gasteiger partial charge is 0.290 e. The third kappa shape index (κ3) is 2.97. The molecule has 0 aromatic heterocycles. The zero-order valence-electron chi connectivity index (χ0n) is 12.6. The lowest BCUT2D eigenvalue weighted by molar-refractivity contribution is -0.857. The van der Waals surface area contributed by atoms with Gasteiger partial charge in [0, 0.05) is 0 Å². The van der Waals surface area contributed by atoms with Crippen LogP contribution in [-0.4, -0.2) is 48.9 Å². The molecule has 2 N–H and O–H groups in total. The molecular weight excluding hydrogens is 268 g/mol. The maximum atomic E-state index is 12.3. The summed E-state index contributed by atoms with van der Waals surface area (Å²) in [5.41, 5.74) is 1.04. The number of nitrogens with one attached hydrogen (secondary N) is 1. The van der Waals surface area contributed by atoms with Crippen molar-refractivity contribution in [2.45, 2.75) is 13.0 Å². The average molecular weight is 289 g/mol. The second-order valence-corrected chi connectivity index (χ2v) is 5.59. The first-order valence-corrected chi connectivity index (χ1v) is 7.02. The molecule has 1 heterocycles. The zero-order valence-corrected chi connectivity index (χ0v) is 12.6. The van der Waals surface area contributed by atoms with Gasteiger partial charge in [-0.1, -0.05) is 30.3 Å². The molecule has 1 amide bonds. The Bertz CT molecular complexity index is 578. The number of carbonyl (C=O) groups excluding carboxylic acids is 2. The van der Waals surface area contributed by atoms with Crippen LogP contribution in [0.15, 0.2) is 41.7 Å². The summed E-state index contributed by atoms with van der Waals surface area (Å²) in [4.78, 5) is 26.9. The van der Waals surface area contributed by atoms with Crippen molar-refractivity contribution in [2.75, 3.05) is 27.2 Å². The number of benzene rings is 1. The Labute approximate surface area is 124 Å². The molecule has 112 valence electrons. The summed E-state index contributed by atoms with van der Waals surface area (Å²) in [6.45, 7) is 2.62. The van der Waals surface area contributed by atoms with Crippen LogP contribution in [0.2, 0.25) is 0 Å². The molecule has 0 bridgehead atoms. The molecule has 0 spiro atoms. The first kappa shape index (κ1) is 15.3. The second kappa shape index (κ2) is 6.10. The number of hydrogen-bond donors (Lipinski definition) is 2. The number of ketones is 1. The first-order valence-electron chi connectivity index (χ1n) is 7.02. The largest absolute Gasteiger partial charge is 0.503 e. The van der Waals surface area contributed by atoms with E-state index in [9.17, 15) is 14.7 Å². The normalized spacial score (nSPS) is 18.8. The van der Waals surface area contributed by atoms with Crippen LogP contribution in [0.3, 0.4) is 0 Å². The van der Waals surface area contributed by atoms with E-state index in [1.165, 1.54) is 11.8 Å². The monoisotopic (exact) mass is 289 g/mol. The van der Waals surface area contributed by atoms with Crippen molar-refractivity contribution < 1.29 is 19.6 Å². The van der Waals surface area contributed by atoms with Gasteiger partial charge in [-0.3, -0.25) is 9.59 Å². The van der Waals surface area contributed by atoms with E-state index >= 15 is 0 Å². The van der Waals surface area contributed by atoms with E-state index < -0.39 is 17.7 Å². The van der Waals surface area contributed by atoms with Crippen LogP contribution in [0, 0.1) is 0 Å². The lowest BCUT2D eigenvalue weighted by atomic mass is 9.97. The second-order valence-electron chi connectivity index (χ2n) is 5.59. The molecule has 1 aliphatic heterocycles. The maximum Gasteiger partial charge on any atom is 0.290 e. The third-order valence-corrected chi connectivity index (χ3v) is 3.65. The van der Waals surface area contributed by atoms with Gasteiger partial charge >= 0.3 is 0 Å². The fourth-order valence-electron chi connectivity index (χ4n) is 2.57. The molecular formula is C16H21N2O3+. The Morgan fingerprint density at radius 3 is 2.43 bits per heavy atom. The fraction of sp³-hybridized carbons (Fsp3) is 0.375. The summed E-state index contributed by atoms with van der Waals surface area (Å²) in [6.07, 6.45) is 0. The number of Topliss-reactive ketones (excluding diaryl/α,β-unsaturated/α-hetero) is 1. The molecule has 21 heavy (non-hydrogen) atoms. The van der Waals surface area contributed by atoms with Gasteiger partial charge in [-0.2, -0.15) is 0 Å². The van der Waals surface area contributed by atoms with E-state index in [2.05, 4.69) is 0 Å². The van der Waals surface area contributed by atoms with Crippen molar-refractivity contribution in [1.29, 1.82) is 0 Å². The van der Waals surface area contributed by atoms with Crippen molar-refractivity contribution in [3.05, 3.63) is 47.2 Å². The van der Waals surface area contributed by atoms with Crippen molar-refractivity contribution in [2.24, 2.45) is 0 Å². The minimum Gasteiger partial charge on any atom is -0.503 e. The summed E-state index contributed by atoms with van der Waals surface area (Å²) in [6, 6.07) is 8.86. The Hall–Kier alpha value is -2.14. The van der Waals surface area contributed by atoms with Gasteiger partial charge < -0.3 is 14.9 Å². The molecule has 1 atom stereocenters. The van der Waals surface area contributed by atoms with Crippen molar-refractivity contribution in [3.8, 4) is 0 Å². The van der Waals surface area contributed by atoms with Crippen LogP contribution < -0.4 is 4.90 Å². The molecule has 0 fully saturated rings. The highest BCUT2D eigenvalue weighted by molar-refractivity contribution is 6.08. The van der Waals surface area contributed by atoms with E-state index in [4.69, 9.17) is 0 Å². The van der Waals surface area contributed by atoms with E-state index in [1.54, 1.807) is 4.90 Å². The molecule has 1 aromatic rings. The summed E-state index contributed by atoms with van der Waals surface area (Å²) < 4.78 is 0. The maximum absolute atomic E-state index is 12.3. The minimum atomic E-state index is -0.490. The number of likely N-dealkylation sites (N-methyl/N-ethyl adjacent to an activating group) is 1. The van der Waals surface area contributed by atoms with Gasteiger partial charge in [0.1, 0.15) is 0 Å². The molecule has 5 nitrogen and oxygen atoms in total. The van der Waals surface area contributed by atoms with Gasteiger partial charge in [-0.15, -0.1) is 0 Å². The molecule has 1 aliphatic rings. The van der Waals surface area contributed by atoms with E-state index in [-0.39, 0.29) is 11.4 Å². The Morgan fingerprint density at radius 1 is 1.29 bits per heavy atom. The first-order chi connectivity index (χ1) is 9.93. The SMILES string of the molecule is CC(=O)C1=C(O)C(=O)N(CC[NH+](C)C)[C@H]1c1ccccc1. The Kier molecular flexibility index (Phi) is 4.43. The molecule has 0 saturated carbocycles. The molecule has 1 aromatic carbocycles. The summed E-state index contributed by atoms with van der Waals surface area (Å²) >= 11 is 0. The summed E-state index contributed by atoms with van der Waals surface area (Å²) in [5.74, 6) is -1.14. The van der Waals surface area contributed by atoms with Crippen LogP contribution in [0.5, 0.6) is 0 Å². The van der Waals surface area contributed by atoms with Crippen molar-refractivity contribution in [3.63, 3.8) is 0 Å². The van der Waals surface area contributed by atoms with Gasteiger partial charge in [0.25, 0.3) is 5.91 Å². The highest BCUT2D eigenvalue weighted by atomic mass is 16.3. The number of aliphatic hydroxyl groups excluding tert-OH is 1. The van der Waals surface area contributed by atoms with E-state index in [1.807, 2.05) is 44.4 Å². The number of nitrogens with zero attached hydrogens (tertiary/aromatic N) is 1. The number of carbonyl (C=O) groups is 2. The Morgan fingerprint density at radius 2 is 1.90 bits per heavy atom. The Balaban J connectivity index is 2.41. The molecule has 0 saturated heterocycles. The number of quaternary nitrogens is 1. The number of aliphatic hydroxyl groups is 1. The lowest BCUT2D eigenvalue weighted by Crippen LogP contribution is -3.06. The number of hydrogen-bond acceptors (Lipinski definition) is 3. The predicted octanol–water partition coefficient (Wildman–Crippen LogP) is 0.116. The third-order valence-electron chi connectivity index (χ3n) is 3.65. The molecule has 0 unspecified atom stereocenters. The van der Waals surface area contributed by atoms with Crippen molar-refractivity contribution in [1.82, 2.24) is 4.90 Å². The van der Waals surface area contributed by atoms with E-state index in [0.29, 0.717) is 6.54 Å². The van der Waals surface area contributed by atoms with Crippen molar-refractivity contribution >= 4 is 11.7 Å². The highest BCUT2D eigenvalue weighted by Crippen LogP contribution is 2.36. The summed E-state index contributed by atoms with van der Waals surface area (Å²) in [7, 11) is 3.99.